The number of anilines is 1. The first kappa shape index (κ1) is 18.1. The number of carbonyl (C=O) groups excluding carboxylic acids is 2. The van der Waals surface area contributed by atoms with Crippen LogP contribution in [0.15, 0.2) is 44.5 Å². The lowest BCUT2D eigenvalue weighted by Crippen LogP contribution is -2.46. The third-order valence-corrected chi connectivity index (χ3v) is 4.75. The molecule has 0 bridgehead atoms. The van der Waals surface area contributed by atoms with Gasteiger partial charge in [-0.1, -0.05) is 11.2 Å². The van der Waals surface area contributed by atoms with Crippen molar-refractivity contribution in [2.24, 2.45) is 0 Å². The van der Waals surface area contributed by atoms with Crippen molar-refractivity contribution in [2.75, 3.05) is 12.4 Å². The van der Waals surface area contributed by atoms with Gasteiger partial charge in [-0.15, -0.1) is 0 Å². The summed E-state index contributed by atoms with van der Waals surface area (Å²) >= 11 is 3.13. The summed E-state index contributed by atoms with van der Waals surface area (Å²) in [5, 5.41) is 9.17. The average molecular weight is 423 g/mol. The number of nitrogens with one attached hydrogen (secondary N) is 2. The van der Waals surface area contributed by atoms with Crippen molar-refractivity contribution < 1.29 is 18.5 Å². The quantitative estimate of drug-likeness (QED) is 0.792. The van der Waals surface area contributed by atoms with E-state index in [1.165, 1.54) is 23.1 Å². The summed E-state index contributed by atoms with van der Waals surface area (Å²) in [4.78, 5) is 26.4. The number of halogens is 2. The van der Waals surface area contributed by atoms with E-state index in [1.807, 2.05) is 0 Å². The van der Waals surface area contributed by atoms with E-state index in [-0.39, 0.29) is 16.3 Å². The highest BCUT2D eigenvalue weighted by Gasteiger charge is 2.34. The monoisotopic (exact) mass is 422 g/mol. The first-order valence-electron chi connectivity index (χ1n) is 7.72. The first-order chi connectivity index (χ1) is 12.3. The van der Waals surface area contributed by atoms with Gasteiger partial charge in [-0.2, -0.15) is 0 Å². The van der Waals surface area contributed by atoms with E-state index in [1.54, 1.807) is 27.0 Å². The van der Waals surface area contributed by atoms with E-state index >= 15 is 0 Å². The number of aromatic nitrogens is 1. The molecule has 2 heterocycles. The maximum atomic E-state index is 13.6. The molecule has 2 aromatic rings. The van der Waals surface area contributed by atoms with Crippen LogP contribution in [0, 0.1) is 12.7 Å². The normalized spacial score (nSPS) is 17.3. The van der Waals surface area contributed by atoms with Crippen molar-refractivity contribution in [3.05, 3.63) is 57.1 Å². The van der Waals surface area contributed by atoms with Gasteiger partial charge in [0.15, 0.2) is 5.82 Å². The molecule has 0 fully saturated rings. The second kappa shape index (κ2) is 6.91. The average Bonchev–Trinajstić information content (AvgIpc) is 2.99. The van der Waals surface area contributed by atoms with Crippen molar-refractivity contribution in [2.45, 2.75) is 19.9 Å². The van der Waals surface area contributed by atoms with Gasteiger partial charge in [-0.25, -0.2) is 9.18 Å². The third-order valence-electron chi connectivity index (χ3n) is 4.15. The maximum absolute atomic E-state index is 13.6. The Labute approximate surface area is 157 Å². The number of allylic oxidation sites excluding steroid dienone is 1. The molecule has 3 rings (SSSR count). The van der Waals surface area contributed by atoms with Crippen LogP contribution < -0.4 is 10.6 Å². The molecule has 0 aliphatic carbocycles. The minimum Gasteiger partial charge on any atom is -0.360 e. The van der Waals surface area contributed by atoms with Crippen LogP contribution in [-0.4, -0.2) is 29.0 Å². The molecule has 0 saturated carbocycles. The number of amides is 3. The number of rotatable bonds is 3. The Morgan fingerprint density at radius 3 is 2.73 bits per heavy atom. The SMILES string of the molecule is CC1=C(C(=O)Nc2cc(C)on2)[C@H](c2ccc(F)c(Br)c2)NC(=O)N1C. The molecule has 0 radical (unpaired) electrons. The van der Waals surface area contributed by atoms with E-state index < -0.39 is 17.8 Å². The molecule has 0 saturated heterocycles. The Bertz CT molecular complexity index is 924. The molecule has 136 valence electrons. The lowest BCUT2D eigenvalue weighted by Gasteiger charge is -2.33. The van der Waals surface area contributed by atoms with Crippen molar-refractivity contribution in [1.82, 2.24) is 15.4 Å². The molecule has 3 amide bonds. The second-order valence-corrected chi connectivity index (χ2v) is 6.75. The van der Waals surface area contributed by atoms with E-state index in [0.29, 0.717) is 22.6 Å². The molecule has 1 atom stereocenters. The molecule has 2 N–H and O–H groups in total. The van der Waals surface area contributed by atoms with E-state index in [9.17, 15) is 14.0 Å². The summed E-state index contributed by atoms with van der Waals surface area (Å²) in [5.74, 6) is -0.0450. The van der Waals surface area contributed by atoms with Crippen LogP contribution in [0.1, 0.15) is 24.3 Å². The lowest BCUT2D eigenvalue weighted by molar-refractivity contribution is -0.113. The van der Waals surface area contributed by atoms with Gasteiger partial charge in [0.25, 0.3) is 5.91 Å². The van der Waals surface area contributed by atoms with Crippen LogP contribution in [0.2, 0.25) is 0 Å². The molecule has 1 aromatic carbocycles. The number of urea groups is 1. The number of aryl methyl sites for hydroxylation is 1. The van der Waals surface area contributed by atoms with Crippen LogP contribution >= 0.6 is 15.9 Å². The molecule has 0 spiro atoms. The van der Waals surface area contributed by atoms with Crippen molar-refractivity contribution >= 4 is 33.7 Å². The zero-order valence-corrected chi connectivity index (χ0v) is 15.8. The lowest BCUT2D eigenvalue weighted by atomic mass is 9.94. The minimum atomic E-state index is -0.733. The molecular weight excluding hydrogens is 407 g/mol. The Hall–Kier alpha value is -2.68. The highest BCUT2D eigenvalue weighted by molar-refractivity contribution is 9.10. The Morgan fingerprint density at radius 1 is 1.38 bits per heavy atom. The zero-order valence-electron chi connectivity index (χ0n) is 14.3. The number of carbonyl (C=O) groups is 2. The molecule has 7 nitrogen and oxygen atoms in total. The van der Waals surface area contributed by atoms with Gasteiger partial charge >= 0.3 is 6.03 Å². The zero-order chi connectivity index (χ0) is 19.0. The molecule has 1 aliphatic heterocycles. The molecule has 9 heteroatoms. The molecular formula is C17H16BrFN4O3. The summed E-state index contributed by atoms with van der Waals surface area (Å²) in [6.07, 6.45) is 0. The fourth-order valence-corrected chi connectivity index (χ4v) is 3.08. The smallest absolute Gasteiger partial charge is 0.322 e. The highest BCUT2D eigenvalue weighted by atomic mass is 79.9. The number of hydrogen-bond acceptors (Lipinski definition) is 4. The fourth-order valence-electron chi connectivity index (χ4n) is 2.68. The number of hydrogen-bond donors (Lipinski definition) is 2. The molecule has 0 unspecified atom stereocenters. The molecule has 1 aromatic heterocycles. The van der Waals surface area contributed by atoms with Crippen LogP contribution in [0.25, 0.3) is 0 Å². The van der Waals surface area contributed by atoms with E-state index in [4.69, 9.17) is 4.52 Å². The molecule has 26 heavy (non-hydrogen) atoms. The largest absolute Gasteiger partial charge is 0.360 e. The Morgan fingerprint density at radius 2 is 2.12 bits per heavy atom. The summed E-state index contributed by atoms with van der Waals surface area (Å²) < 4.78 is 18.8. The predicted molar refractivity (Wildman–Crippen MR) is 95.7 cm³/mol. The summed E-state index contributed by atoms with van der Waals surface area (Å²) in [5.41, 5.74) is 1.38. The summed E-state index contributed by atoms with van der Waals surface area (Å²) in [6, 6.07) is 4.83. The Balaban J connectivity index is 2.02. The minimum absolute atomic E-state index is 0.243. The van der Waals surface area contributed by atoms with E-state index in [2.05, 4.69) is 31.7 Å². The van der Waals surface area contributed by atoms with Crippen LogP contribution in [0.4, 0.5) is 15.0 Å². The first-order valence-corrected chi connectivity index (χ1v) is 8.52. The second-order valence-electron chi connectivity index (χ2n) is 5.89. The van der Waals surface area contributed by atoms with Gasteiger partial charge in [-0.3, -0.25) is 4.79 Å². The summed E-state index contributed by atoms with van der Waals surface area (Å²) in [7, 11) is 1.56. The van der Waals surface area contributed by atoms with Crippen LogP contribution in [0.3, 0.4) is 0 Å². The number of benzene rings is 1. The van der Waals surface area contributed by atoms with Gasteiger partial charge < -0.3 is 20.1 Å². The van der Waals surface area contributed by atoms with Gasteiger partial charge in [0.05, 0.1) is 16.1 Å². The Kier molecular flexibility index (Phi) is 4.82. The van der Waals surface area contributed by atoms with Gasteiger partial charge in [0.1, 0.15) is 11.6 Å². The third kappa shape index (κ3) is 3.34. The highest BCUT2D eigenvalue weighted by Crippen LogP contribution is 2.32. The predicted octanol–water partition coefficient (Wildman–Crippen LogP) is 3.49. The van der Waals surface area contributed by atoms with Crippen molar-refractivity contribution in [3.8, 4) is 0 Å². The van der Waals surface area contributed by atoms with Crippen LogP contribution in [0.5, 0.6) is 0 Å². The fraction of sp³-hybridized carbons (Fsp3) is 0.235. The topological polar surface area (TPSA) is 87.5 Å². The standard InChI is InChI=1S/C17H16BrFN4O3/c1-8-6-13(22-26-8)20-16(24)14-9(2)23(3)17(25)21-15(14)10-4-5-12(19)11(18)7-10/h4-7,15H,1-3H3,(H,21,25)(H,20,22,24)/t15-/m0/s1. The number of nitrogens with zero attached hydrogens (tertiary/aromatic N) is 2. The maximum Gasteiger partial charge on any atom is 0.322 e. The summed E-state index contributed by atoms with van der Waals surface area (Å²) in [6.45, 7) is 3.38. The molecule has 1 aliphatic rings. The van der Waals surface area contributed by atoms with Crippen molar-refractivity contribution in [1.29, 1.82) is 0 Å². The van der Waals surface area contributed by atoms with Crippen molar-refractivity contribution in [3.63, 3.8) is 0 Å². The van der Waals surface area contributed by atoms with Gasteiger partial charge in [0.2, 0.25) is 0 Å². The van der Waals surface area contributed by atoms with E-state index in [0.717, 1.165) is 0 Å². The van der Waals surface area contributed by atoms with Gasteiger partial charge in [0, 0.05) is 18.8 Å². The van der Waals surface area contributed by atoms with Gasteiger partial charge in [-0.05, 0) is 47.5 Å². The van der Waals surface area contributed by atoms with Crippen LogP contribution in [-0.2, 0) is 4.79 Å².